The SMILES string of the molecule is Cc1cc(Cl)ccc1N(CC(=O)NCCCSCc1ccc(Cl)cc1)S(=O)(=O)c1ccccc1. The highest BCUT2D eigenvalue weighted by Gasteiger charge is 2.28. The van der Waals surface area contributed by atoms with Gasteiger partial charge in [0.15, 0.2) is 0 Å². The monoisotopic (exact) mass is 536 g/mol. The van der Waals surface area contributed by atoms with Crippen molar-refractivity contribution in [3.8, 4) is 0 Å². The molecule has 0 bridgehead atoms. The van der Waals surface area contributed by atoms with E-state index in [9.17, 15) is 13.2 Å². The molecular weight excluding hydrogens is 511 g/mol. The summed E-state index contributed by atoms with van der Waals surface area (Å²) in [7, 11) is -3.94. The summed E-state index contributed by atoms with van der Waals surface area (Å²) >= 11 is 13.7. The Morgan fingerprint density at radius 3 is 2.32 bits per heavy atom. The number of aryl methyl sites for hydroxylation is 1. The van der Waals surface area contributed by atoms with E-state index < -0.39 is 10.0 Å². The van der Waals surface area contributed by atoms with E-state index in [0.29, 0.717) is 27.8 Å². The lowest BCUT2D eigenvalue weighted by molar-refractivity contribution is -0.119. The molecule has 0 spiro atoms. The lowest BCUT2D eigenvalue weighted by Crippen LogP contribution is -2.41. The first-order valence-corrected chi connectivity index (χ1v) is 14.1. The van der Waals surface area contributed by atoms with Gasteiger partial charge in [0.2, 0.25) is 5.91 Å². The maximum absolute atomic E-state index is 13.4. The summed E-state index contributed by atoms with van der Waals surface area (Å²) < 4.78 is 27.9. The molecule has 3 aromatic rings. The average molecular weight is 538 g/mol. The molecule has 34 heavy (non-hydrogen) atoms. The molecule has 180 valence electrons. The molecule has 0 saturated heterocycles. The first kappa shape index (κ1) is 26.4. The number of carbonyl (C=O) groups excluding carboxylic acids is 1. The molecule has 1 N–H and O–H groups in total. The Balaban J connectivity index is 1.60. The number of nitrogens with one attached hydrogen (secondary N) is 1. The molecule has 0 saturated carbocycles. The second-order valence-electron chi connectivity index (χ2n) is 7.64. The van der Waals surface area contributed by atoms with Crippen LogP contribution in [0.5, 0.6) is 0 Å². The van der Waals surface area contributed by atoms with Gasteiger partial charge in [-0.2, -0.15) is 11.8 Å². The Kier molecular flexibility index (Phi) is 9.71. The smallest absolute Gasteiger partial charge is 0.264 e. The van der Waals surface area contributed by atoms with Crippen LogP contribution >= 0.6 is 35.0 Å². The highest BCUT2D eigenvalue weighted by molar-refractivity contribution is 7.98. The van der Waals surface area contributed by atoms with Gasteiger partial charge < -0.3 is 5.32 Å². The fourth-order valence-electron chi connectivity index (χ4n) is 3.28. The number of anilines is 1. The minimum absolute atomic E-state index is 0.121. The minimum Gasteiger partial charge on any atom is -0.354 e. The van der Waals surface area contributed by atoms with Crippen molar-refractivity contribution in [2.45, 2.75) is 24.0 Å². The number of halogens is 2. The van der Waals surface area contributed by atoms with E-state index in [4.69, 9.17) is 23.2 Å². The molecule has 0 aliphatic heterocycles. The van der Waals surface area contributed by atoms with Crippen LogP contribution in [-0.2, 0) is 20.6 Å². The molecule has 0 aromatic heterocycles. The predicted octanol–water partition coefficient (Wildman–Crippen LogP) is 5.94. The van der Waals surface area contributed by atoms with Crippen LogP contribution in [0.15, 0.2) is 77.7 Å². The summed E-state index contributed by atoms with van der Waals surface area (Å²) in [6.07, 6.45) is 0.773. The lowest BCUT2D eigenvalue weighted by atomic mass is 10.2. The Bertz CT molecular complexity index is 1200. The molecule has 0 unspecified atom stereocenters. The standard InChI is InChI=1S/C25H26Cl2N2O3S2/c1-19-16-22(27)12-13-24(19)29(34(31,32)23-6-3-2-4-7-23)17-25(30)28-14-5-15-33-18-20-8-10-21(26)11-9-20/h2-4,6-13,16H,5,14-15,17-18H2,1H3,(H,28,30). The predicted molar refractivity (Wildman–Crippen MR) is 142 cm³/mol. The van der Waals surface area contributed by atoms with Gasteiger partial charge in [0.05, 0.1) is 10.6 Å². The van der Waals surface area contributed by atoms with E-state index >= 15 is 0 Å². The second-order valence-corrected chi connectivity index (χ2v) is 11.5. The first-order chi connectivity index (χ1) is 16.3. The molecule has 3 aromatic carbocycles. The Morgan fingerprint density at radius 1 is 0.971 bits per heavy atom. The largest absolute Gasteiger partial charge is 0.354 e. The van der Waals surface area contributed by atoms with Crippen molar-refractivity contribution in [3.05, 3.63) is 94.0 Å². The molecule has 1 amide bonds. The number of benzene rings is 3. The van der Waals surface area contributed by atoms with Gasteiger partial charge in [0, 0.05) is 22.3 Å². The third kappa shape index (κ3) is 7.40. The third-order valence-electron chi connectivity index (χ3n) is 5.02. The molecule has 0 atom stereocenters. The molecule has 0 heterocycles. The van der Waals surface area contributed by atoms with E-state index in [1.165, 1.54) is 17.7 Å². The first-order valence-electron chi connectivity index (χ1n) is 10.7. The number of thioether (sulfide) groups is 1. The Morgan fingerprint density at radius 2 is 1.65 bits per heavy atom. The summed E-state index contributed by atoms with van der Waals surface area (Å²) in [6, 6.07) is 20.7. The van der Waals surface area contributed by atoms with Crippen molar-refractivity contribution in [2.24, 2.45) is 0 Å². The van der Waals surface area contributed by atoms with Gasteiger partial charge in [-0.15, -0.1) is 0 Å². The van der Waals surface area contributed by atoms with Gasteiger partial charge in [-0.1, -0.05) is 53.5 Å². The molecule has 0 aliphatic carbocycles. The van der Waals surface area contributed by atoms with Crippen molar-refractivity contribution in [3.63, 3.8) is 0 Å². The average Bonchev–Trinajstić information content (AvgIpc) is 2.82. The van der Waals surface area contributed by atoms with E-state index in [1.54, 1.807) is 55.1 Å². The molecule has 0 radical (unpaired) electrons. The number of carbonyl (C=O) groups is 1. The van der Waals surface area contributed by atoms with Gasteiger partial charge in [-0.25, -0.2) is 8.42 Å². The molecule has 0 fully saturated rings. The van der Waals surface area contributed by atoms with E-state index in [2.05, 4.69) is 5.32 Å². The van der Waals surface area contributed by atoms with Gasteiger partial charge in [-0.3, -0.25) is 9.10 Å². The fraction of sp³-hybridized carbons (Fsp3) is 0.240. The zero-order chi connectivity index (χ0) is 24.6. The van der Waals surface area contributed by atoms with Crippen molar-refractivity contribution in [1.29, 1.82) is 0 Å². The Hall–Kier alpha value is -2.19. The van der Waals surface area contributed by atoms with Gasteiger partial charge in [0.1, 0.15) is 6.54 Å². The van der Waals surface area contributed by atoms with Gasteiger partial charge >= 0.3 is 0 Å². The number of sulfonamides is 1. The molecule has 9 heteroatoms. The topological polar surface area (TPSA) is 66.5 Å². The summed E-state index contributed by atoms with van der Waals surface area (Å²) in [6.45, 7) is 1.91. The molecule has 0 aliphatic rings. The highest BCUT2D eigenvalue weighted by Crippen LogP contribution is 2.28. The summed E-state index contributed by atoms with van der Waals surface area (Å²) in [4.78, 5) is 12.8. The van der Waals surface area contributed by atoms with Crippen LogP contribution < -0.4 is 9.62 Å². The molecule has 3 rings (SSSR count). The van der Waals surface area contributed by atoms with Crippen LogP contribution in [0.2, 0.25) is 10.0 Å². The molecular formula is C25H26Cl2N2O3S2. The lowest BCUT2D eigenvalue weighted by Gasteiger charge is -2.25. The zero-order valence-corrected chi connectivity index (χ0v) is 21.9. The summed E-state index contributed by atoms with van der Waals surface area (Å²) in [5.74, 6) is 1.37. The summed E-state index contributed by atoms with van der Waals surface area (Å²) in [5.41, 5.74) is 2.28. The quantitative estimate of drug-likeness (QED) is 0.308. The second kappa shape index (κ2) is 12.5. The zero-order valence-electron chi connectivity index (χ0n) is 18.7. The van der Waals surface area contributed by atoms with Crippen molar-refractivity contribution < 1.29 is 13.2 Å². The van der Waals surface area contributed by atoms with Crippen LogP contribution in [0.25, 0.3) is 0 Å². The Labute approximate surface area is 215 Å². The van der Waals surface area contributed by atoms with E-state index in [1.807, 2.05) is 24.3 Å². The highest BCUT2D eigenvalue weighted by atomic mass is 35.5. The van der Waals surface area contributed by atoms with Crippen LogP contribution in [0, 0.1) is 6.92 Å². The van der Waals surface area contributed by atoms with E-state index in [-0.39, 0.29) is 17.3 Å². The fourth-order valence-corrected chi connectivity index (χ4v) is 6.06. The van der Waals surface area contributed by atoms with Crippen LogP contribution in [0.1, 0.15) is 17.5 Å². The maximum Gasteiger partial charge on any atom is 0.264 e. The number of nitrogens with zero attached hydrogens (tertiary/aromatic N) is 1. The van der Waals surface area contributed by atoms with Gasteiger partial charge in [-0.05, 0) is 72.7 Å². The van der Waals surface area contributed by atoms with E-state index in [0.717, 1.165) is 22.2 Å². The van der Waals surface area contributed by atoms with Crippen LogP contribution in [-0.4, -0.2) is 33.2 Å². The van der Waals surface area contributed by atoms with Crippen molar-refractivity contribution >= 4 is 56.6 Å². The normalized spacial score (nSPS) is 11.3. The minimum atomic E-state index is -3.94. The molecule has 5 nitrogen and oxygen atoms in total. The van der Waals surface area contributed by atoms with Crippen molar-refractivity contribution in [1.82, 2.24) is 5.32 Å². The van der Waals surface area contributed by atoms with Crippen LogP contribution in [0.3, 0.4) is 0 Å². The maximum atomic E-state index is 13.4. The number of rotatable bonds is 11. The number of amides is 1. The number of hydrogen-bond donors (Lipinski definition) is 1. The van der Waals surface area contributed by atoms with Crippen molar-refractivity contribution in [2.75, 3.05) is 23.1 Å². The summed E-state index contributed by atoms with van der Waals surface area (Å²) in [5, 5.41) is 4.06. The third-order valence-corrected chi connectivity index (χ3v) is 8.39. The number of hydrogen-bond acceptors (Lipinski definition) is 4. The van der Waals surface area contributed by atoms with Gasteiger partial charge in [0.25, 0.3) is 10.0 Å². The van der Waals surface area contributed by atoms with Crippen LogP contribution in [0.4, 0.5) is 5.69 Å².